The van der Waals surface area contributed by atoms with Crippen molar-refractivity contribution in [1.82, 2.24) is 25.1 Å². The van der Waals surface area contributed by atoms with E-state index in [2.05, 4.69) is 33.7 Å². The lowest BCUT2D eigenvalue weighted by molar-refractivity contribution is 0.0776. The highest BCUT2D eigenvalue weighted by Gasteiger charge is 2.45. The summed E-state index contributed by atoms with van der Waals surface area (Å²) in [6, 6.07) is 13.5. The zero-order valence-electron chi connectivity index (χ0n) is 28.6. The molecule has 2 aromatic carbocycles. The third-order valence-corrected chi connectivity index (χ3v) is 12.7. The summed E-state index contributed by atoms with van der Waals surface area (Å²) in [5.41, 5.74) is 8.34. The first kappa shape index (κ1) is 31.8. The molecule has 3 atom stereocenters. The van der Waals surface area contributed by atoms with Gasteiger partial charge < -0.3 is 19.4 Å². The lowest BCUT2D eigenvalue weighted by Gasteiger charge is -2.19. The first-order valence-electron chi connectivity index (χ1n) is 17.8. The number of hydrogen-bond acceptors (Lipinski definition) is 9. The molecule has 6 aromatic rings. The fraction of sp³-hybridized carbons (Fsp3) is 0.325. The molecule has 4 aliphatic rings. The molecule has 3 unspecified atom stereocenters. The standard InChI is InChI=1S/C40H34ClFN6O3S/c1-19-46-47-39(51-19)32-29(17-21-6-5-20-16-23(41)7-8-24(20)21)44-35-30-4-3-15-48(30)40(49)34(35)33(32)31-18-22-13-14-43-38(37(22)52-31)45-28-12-10-26-25(28)9-11-27(42)36(26)50-2/h7-9,11,13-14,16,18,21,28,30H,3-6,10,12,15,17H2,1-2H3,(H,43,45). The Labute approximate surface area is 308 Å². The van der Waals surface area contributed by atoms with E-state index >= 15 is 0 Å². The number of hydrogen-bond donors (Lipinski definition) is 1. The minimum absolute atomic E-state index is 0.00237. The fourth-order valence-corrected chi connectivity index (χ4v) is 10.4. The number of halogens is 2. The van der Waals surface area contributed by atoms with Crippen LogP contribution < -0.4 is 10.1 Å². The Morgan fingerprint density at radius 3 is 2.79 bits per heavy atom. The van der Waals surface area contributed by atoms with E-state index in [0.717, 1.165) is 91.5 Å². The van der Waals surface area contributed by atoms with E-state index in [1.165, 1.54) is 24.3 Å². The van der Waals surface area contributed by atoms with Crippen LogP contribution in [0, 0.1) is 12.7 Å². The molecular formula is C40H34ClFN6O3S. The molecule has 1 saturated heterocycles. The van der Waals surface area contributed by atoms with Crippen molar-refractivity contribution in [2.45, 2.75) is 69.9 Å². The molecule has 1 N–H and O–H groups in total. The quantitative estimate of drug-likeness (QED) is 0.173. The lowest BCUT2D eigenvalue weighted by atomic mass is 9.89. The van der Waals surface area contributed by atoms with Gasteiger partial charge in [0.25, 0.3) is 5.91 Å². The molecule has 6 heterocycles. The summed E-state index contributed by atoms with van der Waals surface area (Å²) >= 11 is 7.98. The van der Waals surface area contributed by atoms with Crippen molar-refractivity contribution in [2.75, 3.05) is 19.0 Å². The number of fused-ring (bicyclic) bond motifs is 6. The van der Waals surface area contributed by atoms with Crippen LogP contribution in [0.25, 0.3) is 32.0 Å². The summed E-state index contributed by atoms with van der Waals surface area (Å²) in [6.07, 6.45) is 7.73. The van der Waals surface area contributed by atoms with E-state index in [1.54, 1.807) is 24.5 Å². The van der Waals surface area contributed by atoms with Crippen LogP contribution in [-0.2, 0) is 19.3 Å². The number of thiophene rings is 1. The molecule has 0 spiro atoms. The number of nitrogens with zero attached hydrogens (tertiary/aromatic N) is 5. The van der Waals surface area contributed by atoms with Crippen LogP contribution in [-0.4, -0.2) is 44.6 Å². The maximum absolute atomic E-state index is 14.5. The molecule has 262 valence electrons. The first-order chi connectivity index (χ1) is 25.4. The third-order valence-electron chi connectivity index (χ3n) is 11.3. The van der Waals surface area contributed by atoms with Crippen LogP contribution in [0.4, 0.5) is 10.2 Å². The highest BCUT2D eigenvalue weighted by atomic mass is 35.5. The first-order valence-corrected chi connectivity index (χ1v) is 19.0. The number of aryl methyl sites for hydroxylation is 2. The van der Waals surface area contributed by atoms with Gasteiger partial charge in [-0.3, -0.25) is 9.78 Å². The maximum Gasteiger partial charge on any atom is 0.257 e. The SMILES string of the molecule is COc1c(F)ccc2c1CCC2Nc1nccc2cc(-c3c4c(nc(CC5CCc6cc(Cl)ccc65)c3-c3nnc(C)o3)C3CCCN3C4=O)sc12. The molecule has 1 amide bonds. The van der Waals surface area contributed by atoms with Gasteiger partial charge in [0.1, 0.15) is 5.82 Å². The number of benzene rings is 2. The van der Waals surface area contributed by atoms with Gasteiger partial charge in [-0.15, -0.1) is 21.5 Å². The number of amides is 1. The summed E-state index contributed by atoms with van der Waals surface area (Å²) in [5.74, 6) is 1.75. The predicted octanol–water partition coefficient (Wildman–Crippen LogP) is 9.18. The van der Waals surface area contributed by atoms with Crippen molar-refractivity contribution in [3.63, 3.8) is 0 Å². The highest BCUT2D eigenvalue weighted by Crippen LogP contribution is 2.52. The highest BCUT2D eigenvalue weighted by molar-refractivity contribution is 7.23. The fourth-order valence-electron chi connectivity index (χ4n) is 9.06. The molecule has 9 nitrogen and oxygen atoms in total. The summed E-state index contributed by atoms with van der Waals surface area (Å²) in [5, 5.41) is 14.2. The van der Waals surface area contributed by atoms with Gasteiger partial charge in [0, 0.05) is 40.7 Å². The van der Waals surface area contributed by atoms with Crippen LogP contribution in [0.1, 0.15) is 93.6 Å². The van der Waals surface area contributed by atoms with Gasteiger partial charge in [0.15, 0.2) is 11.6 Å². The number of aromatic nitrogens is 4. The van der Waals surface area contributed by atoms with E-state index < -0.39 is 0 Å². The topological polar surface area (TPSA) is 106 Å². The van der Waals surface area contributed by atoms with Crippen molar-refractivity contribution in [2.24, 2.45) is 0 Å². The average molecular weight is 733 g/mol. The molecule has 4 aromatic heterocycles. The lowest BCUT2D eigenvalue weighted by Crippen LogP contribution is -2.22. The van der Waals surface area contributed by atoms with E-state index in [-0.39, 0.29) is 29.7 Å². The summed E-state index contributed by atoms with van der Waals surface area (Å²) in [4.78, 5) is 27.4. The van der Waals surface area contributed by atoms with Crippen molar-refractivity contribution in [3.05, 3.63) is 105 Å². The van der Waals surface area contributed by atoms with E-state index in [4.69, 9.17) is 30.7 Å². The van der Waals surface area contributed by atoms with E-state index in [0.29, 0.717) is 42.5 Å². The number of methoxy groups -OCH3 is 1. The van der Waals surface area contributed by atoms with Gasteiger partial charge in [-0.1, -0.05) is 23.7 Å². The van der Waals surface area contributed by atoms with E-state index in [1.807, 2.05) is 23.1 Å². The molecule has 0 bridgehead atoms. The van der Waals surface area contributed by atoms with Crippen molar-refractivity contribution >= 4 is 44.7 Å². The van der Waals surface area contributed by atoms with Crippen molar-refractivity contribution < 1.29 is 18.3 Å². The molecule has 10 rings (SSSR count). The van der Waals surface area contributed by atoms with Gasteiger partial charge in [-0.2, -0.15) is 0 Å². The van der Waals surface area contributed by atoms with Crippen LogP contribution in [0.2, 0.25) is 5.02 Å². The van der Waals surface area contributed by atoms with Crippen molar-refractivity contribution in [3.8, 4) is 27.6 Å². The number of carbonyl (C=O) groups is 1. The number of carbonyl (C=O) groups excluding carboxylic acids is 1. The van der Waals surface area contributed by atoms with Gasteiger partial charge in [-0.05, 0) is 103 Å². The molecule has 2 aliphatic carbocycles. The van der Waals surface area contributed by atoms with Gasteiger partial charge >= 0.3 is 0 Å². The monoisotopic (exact) mass is 732 g/mol. The van der Waals surface area contributed by atoms with Crippen LogP contribution in [0.3, 0.4) is 0 Å². The maximum atomic E-state index is 14.5. The number of pyridine rings is 2. The molecule has 2 aliphatic heterocycles. The Hall–Kier alpha value is -4.87. The Balaban J connectivity index is 1.14. The number of nitrogens with one attached hydrogen (secondary N) is 1. The predicted molar refractivity (Wildman–Crippen MR) is 198 cm³/mol. The van der Waals surface area contributed by atoms with Gasteiger partial charge in [0.2, 0.25) is 11.8 Å². The van der Waals surface area contributed by atoms with Crippen LogP contribution in [0.5, 0.6) is 5.75 Å². The molecule has 0 saturated carbocycles. The Morgan fingerprint density at radius 2 is 1.94 bits per heavy atom. The van der Waals surface area contributed by atoms with E-state index in [9.17, 15) is 9.18 Å². The smallest absolute Gasteiger partial charge is 0.257 e. The number of anilines is 1. The molecular weight excluding hydrogens is 699 g/mol. The van der Waals surface area contributed by atoms with Gasteiger partial charge in [-0.25, -0.2) is 9.37 Å². The zero-order chi connectivity index (χ0) is 35.2. The minimum atomic E-state index is -0.349. The Bertz CT molecular complexity index is 2460. The molecule has 0 radical (unpaired) electrons. The molecule has 1 fully saturated rings. The van der Waals surface area contributed by atoms with Crippen LogP contribution >= 0.6 is 22.9 Å². The Kier molecular flexibility index (Phi) is 7.41. The Morgan fingerprint density at radius 1 is 1.06 bits per heavy atom. The zero-order valence-corrected chi connectivity index (χ0v) is 30.2. The number of rotatable bonds is 7. The third kappa shape index (κ3) is 4.89. The summed E-state index contributed by atoms with van der Waals surface area (Å²) < 4.78 is 27.1. The van der Waals surface area contributed by atoms with Crippen LogP contribution in [0.15, 0.2) is 53.1 Å². The minimum Gasteiger partial charge on any atom is -0.493 e. The second-order valence-electron chi connectivity index (χ2n) is 14.2. The normalized spacial score (nSPS) is 20.0. The second-order valence-corrected chi connectivity index (χ2v) is 15.7. The van der Waals surface area contributed by atoms with Crippen molar-refractivity contribution in [1.29, 1.82) is 0 Å². The van der Waals surface area contributed by atoms with Gasteiger partial charge in [0.05, 0.1) is 46.4 Å². The second kappa shape index (κ2) is 12.1. The molecule has 52 heavy (non-hydrogen) atoms. The largest absolute Gasteiger partial charge is 0.493 e. The molecule has 12 heteroatoms. The summed E-state index contributed by atoms with van der Waals surface area (Å²) in [6.45, 7) is 2.49. The number of ether oxygens (including phenoxy) is 1. The summed E-state index contributed by atoms with van der Waals surface area (Å²) in [7, 11) is 1.51. The average Bonchev–Trinajstić information content (AvgIpc) is 3.99.